The fraction of sp³-hybridized carbons (Fsp3) is 0.178. The highest BCUT2D eigenvalue weighted by Crippen LogP contribution is 2.46. The highest BCUT2D eigenvalue weighted by atomic mass is 16.5. The molecule has 0 saturated heterocycles. The number of benzene rings is 12. The number of fused-ring (bicyclic) bond motifs is 5. The molecule has 0 aliphatic rings. The summed E-state index contributed by atoms with van der Waals surface area (Å²) in [5.74, 6) is 2.08. The van der Waals surface area contributed by atoms with Gasteiger partial charge in [-0.1, -0.05) is 270 Å². The van der Waals surface area contributed by atoms with Crippen LogP contribution in [-0.2, 0) is 5.41 Å². The third kappa shape index (κ3) is 11.2. The van der Waals surface area contributed by atoms with Crippen LogP contribution in [0, 0.1) is 6.33 Å². The lowest BCUT2D eigenvalue weighted by Crippen LogP contribution is -2.31. The summed E-state index contributed by atoms with van der Waals surface area (Å²) in [7, 11) is 0. The van der Waals surface area contributed by atoms with E-state index in [1.807, 2.05) is 71.3 Å². The van der Waals surface area contributed by atoms with Crippen molar-refractivity contribution in [1.29, 1.82) is 0 Å². The first kappa shape index (κ1) is 50.6. The second kappa shape index (κ2) is 24.8. The molecule has 472 valence electrons. The molecule has 0 N–H and O–H groups in total. The number of aromatic nitrogens is 4. The van der Waals surface area contributed by atoms with E-state index in [9.17, 15) is 5.48 Å². The topological polar surface area (TPSA) is 49.0 Å². The molecule has 6 nitrogen and oxygen atoms in total. The molecule has 3 aromatic heterocycles. The maximum atomic E-state index is 9.58. The lowest BCUT2D eigenvalue weighted by molar-refractivity contribution is -0.571. The minimum atomic E-state index is -0.591. The second-order valence-corrected chi connectivity index (χ2v) is 27.3. The highest BCUT2D eigenvalue weighted by molar-refractivity contribution is 6.08. The maximum absolute atomic E-state index is 9.58. The average molecular weight is 1260 g/mol. The highest BCUT2D eigenvalue weighted by Gasteiger charge is 2.29. The summed E-state index contributed by atoms with van der Waals surface area (Å²) < 4.78 is 112. The summed E-state index contributed by atoms with van der Waals surface area (Å²) in [6.07, 6.45) is 3.75. The average Bonchev–Trinajstić information content (AvgIpc) is 1.50. The van der Waals surface area contributed by atoms with Crippen molar-refractivity contribution >= 4 is 44.0 Å². The van der Waals surface area contributed by atoms with Crippen LogP contribution in [0.1, 0.15) is 141 Å². The lowest BCUT2D eigenvalue weighted by atomic mass is 9.82. The molecule has 0 spiro atoms. The van der Waals surface area contributed by atoms with Gasteiger partial charge in [0.05, 0.1) is 47.1 Å². The first-order valence-corrected chi connectivity index (χ1v) is 33.2. The van der Waals surface area contributed by atoms with Crippen molar-refractivity contribution in [3.63, 3.8) is 0 Å². The van der Waals surface area contributed by atoms with Gasteiger partial charge in [0.15, 0.2) is 0 Å². The molecule has 0 aliphatic carbocycles. The third-order valence-electron chi connectivity index (χ3n) is 18.5. The fourth-order valence-corrected chi connectivity index (χ4v) is 13.7. The largest absolute Gasteiger partial charge is 0.460 e. The van der Waals surface area contributed by atoms with Crippen LogP contribution < -0.4 is 9.30 Å². The summed E-state index contributed by atoms with van der Waals surface area (Å²) in [6.45, 7) is 24.3. The number of ether oxygens (including phenoxy) is 1. The van der Waals surface area contributed by atoms with Crippen LogP contribution in [-0.4, -0.2) is 14.1 Å². The smallest absolute Gasteiger partial charge is 0.270 e. The Kier molecular flexibility index (Phi) is 13.1. The van der Waals surface area contributed by atoms with Gasteiger partial charge < -0.3 is 9.15 Å². The number of imidazole rings is 2. The van der Waals surface area contributed by atoms with Crippen LogP contribution in [0.3, 0.4) is 0 Å². The monoisotopic (exact) mass is 1260 g/mol. The van der Waals surface area contributed by atoms with Crippen molar-refractivity contribution in [2.24, 2.45) is 0 Å². The van der Waals surface area contributed by atoms with Gasteiger partial charge in [0.1, 0.15) is 34.2 Å². The zero-order valence-electron chi connectivity index (χ0n) is 66.0. The van der Waals surface area contributed by atoms with Gasteiger partial charge in [0, 0.05) is 16.3 Å². The van der Waals surface area contributed by atoms with Crippen molar-refractivity contribution in [3.8, 4) is 95.6 Å². The molecule has 0 bridgehead atoms. The molecular formula is C90H80N4O2. The number of para-hydroxylation sites is 4. The molecule has 6 heteroatoms. The Bertz CT molecular complexity index is 5860. The maximum Gasteiger partial charge on any atom is 0.270 e. The standard InChI is InChI=1S/C90H80N4O2/c1-56(2)74-47-65(60-29-16-12-17-30-60)48-75(57(3)4)85(74)64-43-44-81-82(51-64)93(86-71(62-33-20-14-21-34-62)38-28-39-72(86)63-35-22-15-23-36-63)55-92(81)83-54-70(53-78-73-37-24-27-42-84(73)96-88(78)83)95-69-46-67(45-68(52-69)90(9,10)11)89-91-79-40-25-26-41-80(79)94(89)87-76(58(5)6)49-66(50-77(87)59(7)8)61-31-18-13-19-32-61/h12-54,56-59H,1-11H3/i14D,15D,20D,21D,22D,23D,33D,34D,35D,36D. The van der Waals surface area contributed by atoms with Crippen molar-refractivity contribution in [3.05, 3.63) is 295 Å². The van der Waals surface area contributed by atoms with Crippen molar-refractivity contribution in [2.45, 2.75) is 105 Å². The quantitative estimate of drug-likeness (QED) is 0.0759. The van der Waals surface area contributed by atoms with Crippen molar-refractivity contribution in [1.82, 2.24) is 14.1 Å². The molecule has 0 radical (unpaired) electrons. The molecule has 15 rings (SSSR count). The van der Waals surface area contributed by atoms with Crippen LogP contribution in [0.15, 0.2) is 265 Å². The van der Waals surface area contributed by atoms with E-state index in [2.05, 4.69) is 202 Å². The summed E-state index contributed by atoms with van der Waals surface area (Å²) in [4.78, 5) is 5.54. The summed E-state index contributed by atoms with van der Waals surface area (Å²) >= 11 is 0. The molecule has 15 aromatic rings. The Hall–Kier alpha value is -10.8. The molecule has 0 amide bonds. The molecule has 0 aliphatic heterocycles. The van der Waals surface area contributed by atoms with Gasteiger partial charge in [0.25, 0.3) is 6.33 Å². The van der Waals surface area contributed by atoms with E-state index in [-0.39, 0.29) is 57.0 Å². The van der Waals surface area contributed by atoms with Crippen molar-refractivity contribution in [2.75, 3.05) is 0 Å². The Morgan fingerprint density at radius 3 is 1.61 bits per heavy atom. The van der Waals surface area contributed by atoms with Crippen LogP contribution in [0.25, 0.3) is 128 Å². The van der Waals surface area contributed by atoms with E-state index in [4.69, 9.17) is 22.4 Å². The number of rotatable bonds is 15. The Labute approximate surface area is 578 Å². The molecule has 12 aromatic carbocycles. The molecular weight excluding hydrogens is 1170 g/mol. The lowest BCUT2D eigenvalue weighted by Gasteiger charge is -2.25. The van der Waals surface area contributed by atoms with Gasteiger partial charge >= 0.3 is 0 Å². The predicted octanol–water partition coefficient (Wildman–Crippen LogP) is 24.5. The van der Waals surface area contributed by atoms with Crippen LogP contribution in [0.2, 0.25) is 0 Å². The van der Waals surface area contributed by atoms with E-state index in [1.165, 1.54) is 11.1 Å². The minimum absolute atomic E-state index is 0.0364. The minimum Gasteiger partial charge on any atom is -0.460 e. The summed E-state index contributed by atoms with van der Waals surface area (Å²) in [6, 6.07) is 62.1. The van der Waals surface area contributed by atoms with Gasteiger partial charge in [-0.2, -0.15) is 0 Å². The zero-order chi connectivity index (χ0) is 74.8. The number of hydrogen-bond donors (Lipinski definition) is 0. The Morgan fingerprint density at radius 1 is 0.469 bits per heavy atom. The molecule has 3 heterocycles. The van der Waals surface area contributed by atoms with Gasteiger partial charge in [-0.3, -0.25) is 13.7 Å². The Balaban J connectivity index is 1.02. The van der Waals surface area contributed by atoms with E-state index >= 15 is 0 Å². The first-order valence-electron chi connectivity index (χ1n) is 38.2. The van der Waals surface area contributed by atoms with Crippen LogP contribution >= 0.6 is 0 Å². The molecule has 0 fully saturated rings. The van der Waals surface area contributed by atoms with Gasteiger partial charge in [-0.25, -0.2) is 4.98 Å². The first-order chi connectivity index (χ1) is 50.7. The van der Waals surface area contributed by atoms with E-state index < -0.39 is 60.4 Å². The number of furan rings is 1. The molecule has 96 heavy (non-hydrogen) atoms. The van der Waals surface area contributed by atoms with Crippen LogP contribution in [0.4, 0.5) is 0 Å². The van der Waals surface area contributed by atoms with Gasteiger partial charge in [-0.15, -0.1) is 0 Å². The number of nitrogens with zero attached hydrogens (tertiary/aromatic N) is 4. The molecule has 0 atom stereocenters. The van der Waals surface area contributed by atoms with E-state index in [0.29, 0.717) is 39.4 Å². The fourth-order valence-electron chi connectivity index (χ4n) is 13.7. The van der Waals surface area contributed by atoms with E-state index in [0.717, 1.165) is 89.0 Å². The molecule has 0 saturated carbocycles. The van der Waals surface area contributed by atoms with E-state index in [1.54, 1.807) is 22.8 Å². The van der Waals surface area contributed by atoms with Gasteiger partial charge in [-0.05, 0) is 179 Å². The molecule has 0 unspecified atom stereocenters. The second-order valence-electron chi connectivity index (χ2n) is 27.3. The van der Waals surface area contributed by atoms with Crippen molar-refractivity contribution < 1.29 is 27.4 Å². The third-order valence-corrected chi connectivity index (χ3v) is 18.5. The summed E-state index contributed by atoms with van der Waals surface area (Å²) in [5.41, 5.74) is 17.9. The predicted molar refractivity (Wildman–Crippen MR) is 400 cm³/mol. The SMILES string of the molecule is [2H]c1c([2H])c([2H])c(-c2cccc(-c3c([2H])c([2H])c([2H])c([2H])c3[2H])c2-[n+]2[c-]n(-c3cc(Oc4cc(-c5nc6ccccc6n5-c5c(C(C)C)cc(-c6ccccc6)cc5C(C)C)cc(C(C)(C)C)c4)cc4c3oc3ccccc34)c3ccc(-c4c(C(C)C)cc(-c5ccccc5)cc4C(C)C)cc32)c([2H])c1[2H]. The van der Waals surface area contributed by atoms with Gasteiger partial charge in [0.2, 0.25) is 0 Å². The van der Waals surface area contributed by atoms with Crippen LogP contribution in [0.5, 0.6) is 11.5 Å². The zero-order valence-corrected chi connectivity index (χ0v) is 56.0. The number of hydrogen-bond acceptors (Lipinski definition) is 3. The summed E-state index contributed by atoms with van der Waals surface area (Å²) in [5, 5.41) is 1.53. The normalized spacial score (nSPS) is 13.5. The Morgan fingerprint density at radius 2 is 1.02 bits per heavy atom.